The van der Waals surface area contributed by atoms with Crippen LogP contribution in [0.5, 0.6) is 0 Å². The van der Waals surface area contributed by atoms with Gasteiger partial charge in [0.15, 0.2) is 0 Å². The van der Waals surface area contributed by atoms with Gasteiger partial charge in [-0.3, -0.25) is 0 Å². The molecule has 0 aliphatic rings. The Morgan fingerprint density at radius 1 is 1.20 bits per heavy atom. The Hall–Kier alpha value is -1.28. The number of benzene rings is 1. The van der Waals surface area contributed by atoms with Crippen molar-refractivity contribution in [3.63, 3.8) is 0 Å². The molecule has 0 saturated heterocycles. The molecule has 2 rings (SSSR count). The highest BCUT2D eigenvalue weighted by Crippen LogP contribution is 2.00. The Kier molecular flexibility index (Phi) is 4.37. The van der Waals surface area contributed by atoms with E-state index in [0.717, 1.165) is 13.0 Å². The molecule has 0 spiro atoms. The number of halogens is 1. The van der Waals surface area contributed by atoms with Crippen molar-refractivity contribution in [2.24, 2.45) is 7.05 Å². The second kappa shape index (κ2) is 5.56. The summed E-state index contributed by atoms with van der Waals surface area (Å²) in [6.45, 7) is 1.05. The van der Waals surface area contributed by atoms with Crippen LogP contribution in [0.4, 0.5) is 0 Å². The average Bonchev–Trinajstić information content (AvgIpc) is 2.63. The molecule has 0 fully saturated rings. The minimum atomic E-state index is 0. The topological polar surface area (TPSA) is 8.81 Å². The third-order valence-corrected chi connectivity index (χ3v) is 2.33. The lowest BCUT2D eigenvalue weighted by molar-refractivity contribution is -0.671. The van der Waals surface area contributed by atoms with Crippen LogP contribution < -0.4 is 17.0 Å². The molecule has 0 aliphatic heterocycles. The van der Waals surface area contributed by atoms with Crippen molar-refractivity contribution in [3.05, 3.63) is 54.6 Å². The van der Waals surface area contributed by atoms with Gasteiger partial charge in [-0.05, 0) is 5.56 Å². The second-order valence-electron chi connectivity index (χ2n) is 3.55. The van der Waals surface area contributed by atoms with Gasteiger partial charge in [0.25, 0.3) is 0 Å². The second-order valence-corrected chi connectivity index (χ2v) is 3.55. The summed E-state index contributed by atoms with van der Waals surface area (Å²) >= 11 is 0. The highest BCUT2D eigenvalue weighted by Gasteiger charge is 1.99. The molecular formula is C12H15ClN2. The lowest BCUT2D eigenvalue weighted by Gasteiger charge is -1.97. The number of hydrogen-bond donors (Lipinski definition) is 0. The normalized spacial score (nSPS) is 9.67. The van der Waals surface area contributed by atoms with E-state index < -0.39 is 0 Å². The van der Waals surface area contributed by atoms with Crippen LogP contribution in [0.3, 0.4) is 0 Å². The van der Waals surface area contributed by atoms with Crippen molar-refractivity contribution in [2.45, 2.75) is 13.0 Å². The molecule has 1 aromatic carbocycles. The summed E-state index contributed by atoms with van der Waals surface area (Å²) < 4.78 is 4.26. The molecule has 0 radical (unpaired) electrons. The molecule has 0 bridgehead atoms. The molecule has 3 heteroatoms. The molecule has 0 amide bonds. The highest BCUT2D eigenvalue weighted by atomic mass is 35.5. The summed E-state index contributed by atoms with van der Waals surface area (Å²) in [4.78, 5) is 0. The predicted molar refractivity (Wildman–Crippen MR) is 55.8 cm³/mol. The van der Waals surface area contributed by atoms with Gasteiger partial charge in [0.05, 0.1) is 13.6 Å². The van der Waals surface area contributed by atoms with Gasteiger partial charge in [0.2, 0.25) is 6.33 Å². The van der Waals surface area contributed by atoms with Crippen LogP contribution in [0.25, 0.3) is 0 Å². The van der Waals surface area contributed by atoms with E-state index in [1.54, 1.807) is 0 Å². The number of rotatable bonds is 3. The highest BCUT2D eigenvalue weighted by molar-refractivity contribution is 5.14. The summed E-state index contributed by atoms with van der Waals surface area (Å²) in [5.74, 6) is 0. The number of aromatic nitrogens is 2. The van der Waals surface area contributed by atoms with E-state index in [2.05, 4.69) is 58.2 Å². The summed E-state index contributed by atoms with van der Waals surface area (Å²) in [6.07, 6.45) is 7.35. The van der Waals surface area contributed by atoms with Gasteiger partial charge in [-0.2, -0.15) is 0 Å². The van der Waals surface area contributed by atoms with Crippen molar-refractivity contribution in [1.82, 2.24) is 4.57 Å². The van der Waals surface area contributed by atoms with Crippen molar-refractivity contribution in [1.29, 1.82) is 0 Å². The van der Waals surface area contributed by atoms with Crippen molar-refractivity contribution in [2.75, 3.05) is 0 Å². The number of imidazole rings is 1. The number of hydrogen-bond acceptors (Lipinski definition) is 0. The molecular weight excluding hydrogens is 208 g/mol. The van der Waals surface area contributed by atoms with E-state index in [4.69, 9.17) is 0 Å². The van der Waals surface area contributed by atoms with Gasteiger partial charge >= 0.3 is 0 Å². The summed E-state index contributed by atoms with van der Waals surface area (Å²) in [5, 5.41) is 0. The standard InChI is InChI=1S/C12H15N2.ClH/c1-13-9-10-14(11-13)8-7-12-5-3-2-4-6-12;/h2-6,9-11H,7-8H2,1H3;1H/q+1;/p-1. The smallest absolute Gasteiger partial charge is 0.243 e. The molecule has 0 unspecified atom stereocenters. The van der Waals surface area contributed by atoms with Crippen molar-refractivity contribution < 1.29 is 17.0 Å². The molecule has 1 heterocycles. The maximum atomic E-state index is 2.20. The van der Waals surface area contributed by atoms with Crippen molar-refractivity contribution >= 4 is 0 Å². The molecule has 2 aromatic rings. The van der Waals surface area contributed by atoms with Crippen LogP contribution in [0.2, 0.25) is 0 Å². The Morgan fingerprint density at radius 3 is 2.53 bits per heavy atom. The fourth-order valence-corrected chi connectivity index (χ4v) is 1.54. The van der Waals surface area contributed by atoms with Crippen molar-refractivity contribution in [3.8, 4) is 0 Å². The minimum Gasteiger partial charge on any atom is -1.00 e. The maximum absolute atomic E-state index is 2.20. The van der Waals surface area contributed by atoms with Crippen LogP contribution in [0.15, 0.2) is 49.1 Å². The first kappa shape index (κ1) is 11.8. The van der Waals surface area contributed by atoms with E-state index in [1.165, 1.54) is 5.56 Å². The first-order valence-corrected chi connectivity index (χ1v) is 4.89. The Morgan fingerprint density at radius 2 is 1.93 bits per heavy atom. The summed E-state index contributed by atoms with van der Waals surface area (Å²) in [5.41, 5.74) is 1.39. The van der Waals surface area contributed by atoms with E-state index >= 15 is 0 Å². The SMILES string of the molecule is C[n+]1ccn(CCc2ccccc2)c1.[Cl-]. The molecule has 80 valence electrons. The first-order valence-electron chi connectivity index (χ1n) is 4.89. The van der Waals surface area contributed by atoms with Gasteiger partial charge in [-0.15, -0.1) is 0 Å². The quantitative estimate of drug-likeness (QED) is 0.563. The largest absolute Gasteiger partial charge is 1.00 e. The van der Waals surface area contributed by atoms with Gasteiger partial charge in [0.1, 0.15) is 12.4 Å². The van der Waals surface area contributed by atoms with E-state index in [9.17, 15) is 0 Å². The lowest BCUT2D eigenvalue weighted by Crippen LogP contribution is -3.00. The fraction of sp³-hybridized carbons (Fsp3) is 0.250. The van der Waals surface area contributed by atoms with Gasteiger partial charge in [-0.1, -0.05) is 30.3 Å². The molecule has 2 nitrogen and oxygen atoms in total. The van der Waals surface area contributed by atoms with E-state index in [1.807, 2.05) is 7.05 Å². The molecule has 0 atom stereocenters. The predicted octanol–water partition coefficient (Wildman–Crippen LogP) is -1.44. The minimum absolute atomic E-state index is 0. The summed E-state index contributed by atoms with van der Waals surface area (Å²) in [6, 6.07) is 10.6. The van der Waals surface area contributed by atoms with Crippen LogP contribution in [0, 0.1) is 0 Å². The molecule has 15 heavy (non-hydrogen) atoms. The average molecular weight is 223 g/mol. The summed E-state index contributed by atoms with van der Waals surface area (Å²) in [7, 11) is 2.04. The Labute approximate surface area is 96.6 Å². The van der Waals surface area contributed by atoms with Crippen LogP contribution in [0.1, 0.15) is 5.56 Å². The third kappa shape index (κ3) is 3.40. The maximum Gasteiger partial charge on any atom is 0.243 e. The number of aryl methyl sites for hydroxylation is 3. The third-order valence-electron chi connectivity index (χ3n) is 2.33. The fourth-order valence-electron chi connectivity index (χ4n) is 1.54. The zero-order valence-corrected chi connectivity index (χ0v) is 9.56. The first-order chi connectivity index (χ1) is 6.84. The van der Waals surface area contributed by atoms with Crippen LogP contribution in [-0.4, -0.2) is 4.57 Å². The van der Waals surface area contributed by atoms with Gasteiger partial charge < -0.3 is 12.4 Å². The molecule has 1 aromatic heterocycles. The Balaban J connectivity index is 0.00000112. The molecule has 0 N–H and O–H groups in total. The number of nitrogens with zero attached hydrogens (tertiary/aromatic N) is 2. The van der Waals surface area contributed by atoms with Gasteiger partial charge in [0, 0.05) is 6.42 Å². The zero-order chi connectivity index (χ0) is 9.80. The monoisotopic (exact) mass is 222 g/mol. The van der Waals surface area contributed by atoms with E-state index in [-0.39, 0.29) is 12.4 Å². The Bertz CT molecular complexity index is 395. The zero-order valence-electron chi connectivity index (χ0n) is 8.81. The van der Waals surface area contributed by atoms with Crippen LogP contribution in [-0.2, 0) is 20.0 Å². The van der Waals surface area contributed by atoms with Gasteiger partial charge in [-0.25, -0.2) is 9.13 Å². The van der Waals surface area contributed by atoms with E-state index in [0.29, 0.717) is 0 Å². The molecule has 0 aliphatic carbocycles. The lowest BCUT2D eigenvalue weighted by atomic mass is 10.1. The van der Waals surface area contributed by atoms with Crippen LogP contribution >= 0.6 is 0 Å². The molecule has 0 saturated carbocycles.